The molecule has 140 valence electrons. The van der Waals surface area contributed by atoms with E-state index in [9.17, 15) is 13.2 Å². The Hall–Kier alpha value is -2.34. The van der Waals surface area contributed by atoms with Gasteiger partial charge in [-0.15, -0.1) is 0 Å². The zero-order chi connectivity index (χ0) is 19.2. The highest BCUT2D eigenvalue weighted by atomic mass is 32.2. The molecule has 0 bridgehead atoms. The zero-order valence-corrected chi connectivity index (χ0v) is 16.3. The minimum Gasteiger partial charge on any atom is -0.356 e. The molecule has 0 aliphatic carbocycles. The van der Waals surface area contributed by atoms with E-state index in [-0.39, 0.29) is 11.7 Å². The molecule has 2 rings (SSSR count). The summed E-state index contributed by atoms with van der Waals surface area (Å²) in [6.45, 7) is 6.06. The van der Waals surface area contributed by atoms with Crippen molar-refractivity contribution in [2.24, 2.45) is 5.92 Å². The van der Waals surface area contributed by atoms with Crippen LogP contribution in [0.1, 0.15) is 23.6 Å². The number of aryl methyl sites for hydroxylation is 2. The molecule has 0 fully saturated rings. The molecule has 0 heterocycles. The number of carbonyl (C=O) groups is 1. The topological polar surface area (TPSA) is 75.3 Å². The van der Waals surface area contributed by atoms with Crippen molar-refractivity contribution in [2.45, 2.75) is 27.2 Å². The van der Waals surface area contributed by atoms with Crippen LogP contribution in [0, 0.1) is 19.8 Å². The molecule has 0 saturated heterocycles. The molecule has 5 nitrogen and oxygen atoms in total. The Morgan fingerprint density at radius 3 is 2.38 bits per heavy atom. The van der Waals surface area contributed by atoms with Gasteiger partial charge in [0.1, 0.15) is 0 Å². The lowest BCUT2D eigenvalue weighted by Gasteiger charge is -2.14. The first kappa shape index (κ1) is 20.0. The van der Waals surface area contributed by atoms with Gasteiger partial charge in [-0.3, -0.25) is 9.52 Å². The highest BCUT2D eigenvalue weighted by Crippen LogP contribution is 2.12. The van der Waals surface area contributed by atoms with Crippen molar-refractivity contribution in [1.82, 2.24) is 5.32 Å². The summed E-state index contributed by atoms with van der Waals surface area (Å²) < 4.78 is 27.0. The van der Waals surface area contributed by atoms with Gasteiger partial charge >= 0.3 is 0 Å². The Kier molecular flexibility index (Phi) is 6.80. The predicted octanol–water partition coefficient (Wildman–Crippen LogP) is 3.04. The average Bonchev–Trinajstić information content (AvgIpc) is 2.56. The molecule has 2 N–H and O–H groups in total. The molecule has 0 radical (unpaired) electrons. The third-order valence-electron chi connectivity index (χ3n) is 4.04. The SMILES string of the molecule is Cc1ccc(NS(=O)(=O)CC(C)C(=O)NCCc2cccc(C)c2)cc1. The molecule has 0 aromatic heterocycles. The van der Waals surface area contributed by atoms with Crippen molar-refractivity contribution < 1.29 is 13.2 Å². The van der Waals surface area contributed by atoms with Crippen LogP contribution < -0.4 is 10.0 Å². The largest absolute Gasteiger partial charge is 0.356 e. The number of nitrogens with one attached hydrogen (secondary N) is 2. The third kappa shape index (κ3) is 6.52. The summed E-state index contributed by atoms with van der Waals surface area (Å²) in [5.41, 5.74) is 3.87. The van der Waals surface area contributed by atoms with Gasteiger partial charge in [-0.1, -0.05) is 54.4 Å². The van der Waals surface area contributed by atoms with Crippen LogP contribution >= 0.6 is 0 Å². The molecule has 0 aliphatic rings. The van der Waals surface area contributed by atoms with Gasteiger partial charge < -0.3 is 5.32 Å². The second-order valence-electron chi connectivity index (χ2n) is 6.68. The van der Waals surface area contributed by atoms with Crippen LogP contribution in [-0.4, -0.2) is 26.6 Å². The van der Waals surface area contributed by atoms with Crippen molar-refractivity contribution >= 4 is 21.6 Å². The van der Waals surface area contributed by atoms with Crippen LogP contribution in [0.3, 0.4) is 0 Å². The van der Waals surface area contributed by atoms with Gasteiger partial charge in [0.25, 0.3) is 0 Å². The van der Waals surface area contributed by atoms with E-state index in [0.29, 0.717) is 18.7 Å². The summed E-state index contributed by atoms with van der Waals surface area (Å²) in [7, 11) is -3.59. The number of hydrogen-bond acceptors (Lipinski definition) is 3. The number of amides is 1. The van der Waals surface area contributed by atoms with Crippen LogP contribution in [0.2, 0.25) is 0 Å². The maximum atomic E-state index is 12.2. The summed E-state index contributed by atoms with van der Waals surface area (Å²) in [4.78, 5) is 12.2. The fraction of sp³-hybridized carbons (Fsp3) is 0.350. The Bertz CT molecular complexity index is 846. The normalized spacial score (nSPS) is 12.4. The Morgan fingerprint density at radius 2 is 1.73 bits per heavy atom. The standard InChI is InChI=1S/C20H26N2O3S/c1-15-7-9-19(10-8-15)22-26(24,25)14-17(3)20(23)21-12-11-18-6-4-5-16(2)13-18/h4-10,13,17,22H,11-12,14H2,1-3H3,(H,21,23). The second-order valence-corrected chi connectivity index (χ2v) is 8.45. The fourth-order valence-corrected chi connectivity index (χ4v) is 4.01. The van der Waals surface area contributed by atoms with Crippen LogP contribution in [0.25, 0.3) is 0 Å². The smallest absolute Gasteiger partial charge is 0.233 e. The summed E-state index contributed by atoms with van der Waals surface area (Å²) in [5, 5.41) is 2.81. The van der Waals surface area contributed by atoms with E-state index in [1.807, 2.05) is 44.2 Å². The highest BCUT2D eigenvalue weighted by Gasteiger charge is 2.21. The molecule has 0 saturated carbocycles. The predicted molar refractivity (Wildman–Crippen MR) is 106 cm³/mol. The molecule has 26 heavy (non-hydrogen) atoms. The van der Waals surface area contributed by atoms with E-state index in [4.69, 9.17) is 0 Å². The maximum Gasteiger partial charge on any atom is 0.233 e. The van der Waals surface area contributed by atoms with Gasteiger partial charge in [0.05, 0.1) is 11.7 Å². The van der Waals surface area contributed by atoms with Gasteiger partial charge in [-0.25, -0.2) is 8.42 Å². The summed E-state index contributed by atoms with van der Waals surface area (Å²) in [6, 6.07) is 15.2. The number of anilines is 1. The molecule has 6 heteroatoms. The quantitative estimate of drug-likeness (QED) is 0.746. The van der Waals surface area contributed by atoms with Gasteiger partial charge in [0.15, 0.2) is 0 Å². The summed E-state index contributed by atoms with van der Waals surface area (Å²) in [6.07, 6.45) is 0.717. The number of benzene rings is 2. The van der Waals surface area contributed by atoms with Gasteiger partial charge in [0, 0.05) is 12.2 Å². The van der Waals surface area contributed by atoms with E-state index in [1.165, 1.54) is 5.56 Å². The van der Waals surface area contributed by atoms with E-state index in [0.717, 1.165) is 11.1 Å². The molecule has 2 aromatic rings. The van der Waals surface area contributed by atoms with Crippen molar-refractivity contribution in [1.29, 1.82) is 0 Å². The van der Waals surface area contributed by atoms with E-state index >= 15 is 0 Å². The molecule has 0 spiro atoms. The number of sulfonamides is 1. The lowest BCUT2D eigenvalue weighted by Crippen LogP contribution is -2.35. The zero-order valence-electron chi connectivity index (χ0n) is 15.5. The monoisotopic (exact) mass is 374 g/mol. The molecular formula is C20H26N2O3S. The average molecular weight is 375 g/mol. The lowest BCUT2D eigenvalue weighted by molar-refractivity contribution is -0.123. The van der Waals surface area contributed by atoms with E-state index in [1.54, 1.807) is 19.1 Å². The maximum absolute atomic E-state index is 12.2. The Balaban J connectivity index is 1.82. The Morgan fingerprint density at radius 1 is 1.04 bits per heavy atom. The van der Waals surface area contributed by atoms with E-state index < -0.39 is 15.9 Å². The molecule has 0 aliphatic heterocycles. The van der Waals surface area contributed by atoms with Crippen molar-refractivity contribution in [2.75, 3.05) is 17.0 Å². The van der Waals surface area contributed by atoms with Crippen molar-refractivity contribution in [3.05, 3.63) is 65.2 Å². The van der Waals surface area contributed by atoms with Crippen LogP contribution in [0.4, 0.5) is 5.69 Å². The molecular weight excluding hydrogens is 348 g/mol. The fourth-order valence-electron chi connectivity index (χ4n) is 2.62. The van der Waals surface area contributed by atoms with Crippen molar-refractivity contribution in [3.8, 4) is 0 Å². The molecule has 2 aromatic carbocycles. The second kappa shape index (κ2) is 8.85. The molecule has 1 atom stereocenters. The molecule has 1 amide bonds. The van der Waals surface area contributed by atoms with E-state index in [2.05, 4.69) is 16.1 Å². The van der Waals surface area contributed by atoms with Crippen molar-refractivity contribution in [3.63, 3.8) is 0 Å². The van der Waals surface area contributed by atoms with Crippen LogP contribution in [0.5, 0.6) is 0 Å². The van der Waals surface area contributed by atoms with Crippen LogP contribution in [0.15, 0.2) is 48.5 Å². The first-order valence-corrected chi connectivity index (χ1v) is 10.3. The summed E-state index contributed by atoms with van der Waals surface area (Å²) in [5.74, 6) is -1.14. The number of carbonyl (C=O) groups excluding carboxylic acids is 1. The van der Waals surface area contributed by atoms with Gasteiger partial charge in [-0.05, 0) is 38.0 Å². The minimum atomic E-state index is -3.59. The van der Waals surface area contributed by atoms with Gasteiger partial charge in [-0.2, -0.15) is 0 Å². The Labute approximate surface area is 155 Å². The highest BCUT2D eigenvalue weighted by molar-refractivity contribution is 7.92. The van der Waals surface area contributed by atoms with Crippen LogP contribution in [-0.2, 0) is 21.2 Å². The lowest BCUT2D eigenvalue weighted by atomic mass is 10.1. The first-order chi connectivity index (χ1) is 12.2. The third-order valence-corrected chi connectivity index (χ3v) is 5.52. The summed E-state index contributed by atoms with van der Waals surface area (Å²) >= 11 is 0. The number of rotatable bonds is 8. The first-order valence-electron chi connectivity index (χ1n) is 8.65. The number of hydrogen-bond donors (Lipinski definition) is 2. The van der Waals surface area contributed by atoms with Gasteiger partial charge in [0.2, 0.25) is 15.9 Å². The molecule has 1 unspecified atom stereocenters. The minimum absolute atomic E-state index is 0.253.